The number of sulfonamides is 1. The summed E-state index contributed by atoms with van der Waals surface area (Å²) in [6.07, 6.45) is 1.64. The Hall–Kier alpha value is -4.25. The molecule has 58 heavy (non-hydrogen) atoms. The smallest absolute Gasteiger partial charge is 0.408 e. The highest BCUT2D eigenvalue weighted by atomic mass is 35.5. The fourth-order valence-electron chi connectivity index (χ4n) is 8.31. The van der Waals surface area contributed by atoms with E-state index in [9.17, 15) is 36.7 Å². The number of carboxylic acid groups (broad SMARTS) is 1. The molecule has 2 aromatic rings. The molecular weight excluding hydrogens is 800 g/mol. The Morgan fingerprint density at radius 3 is 2.55 bits per heavy atom. The second kappa shape index (κ2) is 16.1. The quantitative estimate of drug-likeness (QED) is 0.243. The fourth-order valence-corrected chi connectivity index (χ4v) is 9.87. The minimum atomic E-state index is -4.09. The first-order chi connectivity index (χ1) is 27.2. The Morgan fingerprint density at radius 2 is 1.93 bits per heavy atom. The summed E-state index contributed by atoms with van der Waals surface area (Å²) < 4.78 is 68.8. The molecule has 18 heteroatoms. The van der Waals surface area contributed by atoms with Gasteiger partial charge >= 0.3 is 6.09 Å². The predicted molar refractivity (Wildman–Crippen MR) is 211 cm³/mol. The number of nitrogens with one attached hydrogen (secondary N) is 2. The van der Waals surface area contributed by atoms with E-state index in [2.05, 4.69) is 15.0 Å². The largest absolute Gasteiger partial charge is 0.495 e. The second-order valence-corrected chi connectivity index (χ2v) is 19.6. The van der Waals surface area contributed by atoms with Crippen molar-refractivity contribution in [2.45, 2.75) is 126 Å². The van der Waals surface area contributed by atoms with Gasteiger partial charge in [-0.05, 0) is 94.7 Å². The molecule has 0 bridgehead atoms. The Morgan fingerprint density at radius 1 is 1.22 bits per heavy atom. The van der Waals surface area contributed by atoms with Crippen LogP contribution in [-0.4, -0.2) is 106 Å². The van der Waals surface area contributed by atoms with Crippen LogP contribution in [0.3, 0.4) is 0 Å². The number of amides is 4. The number of methoxy groups -OCH3 is 1. The second-order valence-electron chi connectivity index (χ2n) is 17.0. The van der Waals surface area contributed by atoms with Gasteiger partial charge in [0.15, 0.2) is 0 Å². The minimum absolute atomic E-state index is 0.0868. The van der Waals surface area contributed by atoms with Crippen LogP contribution in [0.2, 0.25) is 5.02 Å². The number of nitrogens with zero attached hydrogens (tertiary/aromatic N) is 3. The van der Waals surface area contributed by atoms with Crippen molar-refractivity contribution in [3.05, 3.63) is 41.6 Å². The standard InChI is InChI=1S/C40H52ClF2N5O9S/c1-7-23-16-22(2)10-8-9-11-25-20-40(25,36(51)46-58(54,55)39(5)13-14-39)45-32(49)29-18-26(57-33-27-19-28(41)30(56-6)17-24(27)12-15-44-33)21-47(29)34(50)31(23)48(37(52)53)38(3,4)35(42)43/h9,11-12,15,17,19,22-23,25-26,29,31,35H,7-8,10,13-14,16,18,20-21H2,1-6H3,(H,45,49)(H,46,51)(H,52,53)/b11-9-/t22-,23+,25+,26+,29-,31-,40+/m0/s1. The summed E-state index contributed by atoms with van der Waals surface area (Å²) >= 11 is 6.45. The van der Waals surface area contributed by atoms with Crippen molar-refractivity contribution in [2.24, 2.45) is 17.8 Å². The van der Waals surface area contributed by atoms with Crippen LogP contribution >= 0.6 is 11.6 Å². The van der Waals surface area contributed by atoms with E-state index in [0.29, 0.717) is 53.5 Å². The number of carbonyl (C=O) groups excluding carboxylic acids is 3. The van der Waals surface area contributed by atoms with Gasteiger partial charge in [0.2, 0.25) is 27.7 Å². The number of allylic oxidation sites excluding steroid dienone is 1. The zero-order valence-corrected chi connectivity index (χ0v) is 35.0. The number of rotatable bonds is 10. The van der Waals surface area contributed by atoms with Crippen LogP contribution in [0.25, 0.3) is 10.8 Å². The maximum Gasteiger partial charge on any atom is 0.408 e. The van der Waals surface area contributed by atoms with E-state index in [4.69, 9.17) is 21.1 Å². The van der Waals surface area contributed by atoms with Crippen molar-refractivity contribution in [3.8, 4) is 11.6 Å². The Labute approximate surface area is 342 Å². The summed E-state index contributed by atoms with van der Waals surface area (Å²) in [6.45, 7) is 7.08. The first-order valence-corrected chi connectivity index (χ1v) is 21.5. The molecule has 1 aromatic carbocycles. The third-order valence-electron chi connectivity index (χ3n) is 12.5. The van der Waals surface area contributed by atoms with Crippen molar-refractivity contribution in [1.29, 1.82) is 0 Å². The zero-order chi connectivity index (χ0) is 42.5. The molecule has 3 fully saturated rings. The molecule has 2 saturated carbocycles. The lowest BCUT2D eigenvalue weighted by Crippen LogP contribution is -2.65. The molecule has 318 valence electrons. The van der Waals surface area contributed by atoms with Crippen molar-refractivity contribution < 1.29 is 51.0 Å². The Balaban J connectivity index is 1.43. The number of benzene rings is 1. The van der Waals surface area contributed by atoms with E-state index in [-0.39, 0.29) is 42.6 Å². The van der Waals surface area contributed by atoms with Crippen LogP contribution in [0.15, 0.2) is 36.5 Å². The van der Waals surface area contributed by atoms with Crippen LogP contribution < -0.4 is 19.5 Å². The van der Waals surface area contributed by atoms with Crippen LogP contribution in [0.1, 0.15) is 86.0 Å². The van der Waals surface area contributed by atoms with Crippen LogP contribution in [0.5, 0.6) is 11.6 Å². The number of fused-ring (bicyclic) bond motifs is 3. The third-order valence-corrected chi connectivity index (χ3v) is 14.9. The minimum Gasteiger partial charge on any atom is -0.495 e. The van der Waals surface area contributed by atoms with Crippen molar-refractivity contribution in [3.63, 3.8) is 0 Å². The molecule has 14 nitrogen and oxygen atoms in total. The van der Waals surface area contributed by atoms with Crippen molar-refractivity contribution in [2.75, 3.05) is 13.7 Å². The molecule has 1 aromatic heterocycles. The van der Waals surface area contributed by atoms with Gasteiger partial charge in [0.05, 0.1) is 23.4 Å². The van der Waals surface area contributed by atoms with Gasteiger partial charge in [0.1, 0.15) is 35.0 Å². The van der Waals surface area contributed by atoms with E-state index in [1.165, 1.54) is 20.2 Å². The van der Waals surface area contributed by atoms with E-state index in [1.807, 2.05) is 13.0 Å². The highest BCUT2D eigenvalue weighted by Gasteiger charge is 2.63. The average Bonchev–Trinajstić information content (AvgIpc) is 4.04. The first-order valence-electron chi connectivity index (χ1n) is 19.6. The van der Waals surface area contributed by atoms with Gasteiger partial charge in [0, 0.05) is 23.9 Å². The van der Waals surface area contributed by atoms with E-state index >= 15 is 4.79 Å². The van der Waals surface area contributed by atoms with Crippen LogP contribution in [-0.2, 0) is 24.4 Å². The Kier molecular flexibility index (Phi) is 12.0. The van der Waals surface area contributed by atoms with E-state index in [1.54, 1.807) is 31.2 Å². The van der Waals surface area contributed by atoms with Gasteiger partial charge in [-0.15, -0.1) is 0 Å². The maximum atomic E-state index is 15.2. The normalized spacial score (nSPS) is 29.3. The summed E-state index contributed by atoms with van der Waals surface area (Å²) in [5, 5.41) is 14.8. The van der Waals surface area contributed by atoms with E-state index < -0.39 is 86.1 Å². The van der Waals surface area contributed by atoms with Gasteiger partial charge in [0.25, 0.3) is 12.3 Å². The molecule has 0 unspecified atom stereocenters. The van der Waals surface area contributed by atoms with Gasteiger partial charge < -0.3 is 24.8 Å². The highest BCUT2D eigenvalue weighted by Crippen LogP contribution is 2.48. The van der Waals surface area contributed by atoms with Crippen molar-refractivity contribution in [1.82, 2.24) is 24.8 Å². The van der Waals surface area contributed by atoms with Gasteiger partial charge in [-0.2, -0.15) is 0 Å². The number of hydrogen-bond donors (Lipinski definition) is 3. The summed E-state index contributed by atoms with van der Waals surface area (Å²) in [7, 11) is -2.62. The molecule has 3 N–H and O–H groups in total. The number of aromatic nitrogens is 1. The molecule has 4 aliphatic rings. The third kappa shape index (κ3) is 8.17. The molecule has 0 spiro atoms. The molecule has 0 radical (unpaired) electrons. The monoisotopic (exact) mass is 851 g/mol. The number of alkyl halides is 2. The lowest BCUT2D eigenvalue weighted by Gasteiger charge is -2.45. The lowest BCUT2D eigenvalue weighted by atomic mass is 9.82. The van der Waals surface area contributed by atoms with Gasteiger partial charge in [-0.1, -0.05) is 44.0 Å². The SMILES string of the molecule is CC[C@@H]1C[C@@H](C)CC/C=C\[C@@H]2C[C@@]2(C(=O)NS(=O)(=O)C2(C)CC2)NC(=O)[C@@H]2C[C@@H](Oc3nccc4cc(OC)c(Cl)cc34)CN2C(=O)[C@H]1N(C(=O)O)C(C)(C)C(F)F. The zero-order valence-electron chi connectivity index (χ0n) is 33.5. The number of hydrogen-bond acceptors (Lipinski definition) is 9. The molecule has 6 rings (SSSR count). The fraction of sp³-hybridized carbons (Fsp3) is 0.625. The number of carbonyl (C=O) groups is 4. The number of ether oxygens (including phenoxy) is 2. The topological polar surface area (TPSA) is 185 Å². The summed E-state index contributed by atoms with van der Waals surface area (Å²) in [5.41, 5.74) is -3.99. The molecule has 2 aliphatic heterocycles. The van der Waals surface area contributed by atoms with Crippen LogP contribution in [0, 0.1) is 17.8 Å². The molecule has 4 amide bonds. The van der Waals surface area contributed by atoms with Gasteiger partial charge in [-0.3, -0.25) is 24.0 Å². The van der Waals surface area contributed by atoms with E-state index in [0.717, 1.165) is 18.7 Å². The predicted octanol–water partition coefficient (Wildman–Crippen LogP) is 5.91. The molecule has 7 atom stereocenters. The number of pyridine rings is 1. The van der Waals surface area contributed by atoms with Gasteiger partial charge in [-0.25, -0.2) is 27.0 Å². The average molecular weight is 852 g/mol. The summed E-state index contributed by atoms with van der Waals surface area (Å²) in [4.78, 5) is 62.9. The highest BCUT2D eigenvalue weighted by molar-refractivity contribution is 7.91. The molecule has 2 aliphatic carbocycles. The molecule has 3 heterocycles. The Bertz CT molecular complexity index is 2100. The summed E-state index contributed by atoms with van der Waals surface area (Å²) in [5.74, 6) is -3.46. The first kappa shape index (κ1) is 43.3. The molecular formula is C40H52ClF2N5O9S. The van der Waals surface area contributed by atoms with Crippen molar-refractivity contribution >= 4 is 56.2 Å². The summed E-state index contributed by atoms with van der Waals surface area (Å²) in [6, 6.07) is 1.98. The maximum absolute atomic E-state index is 15.2. The van der Waals surface area contributed by atoms with Crippen LogP contribution in [0.4, 0.5) is 13.6 Å². The molecule has 1 saturated heterocycles. The lowest BCUT2D eigenvalue weighted by molar-refractivity contribution is -0.149. The number of halogens is 3.